The molecule has 0 N–H and O–H groups in total. The summed E-state index contributed by atoms with van der Waals surface area (Å²) in [7, 11) is 4.89. The first-order valence-electron chi connectivity index (χ1n) is 7.65. The van der Waals surface area contributed by atoms with Crippen molar-refractivity contribution < 1.29 is 14.3 Å². The van der Waals surface area contributed by atoms with Gasteiger partial charge in [-0.15, -0.1) is 0 Å². The zero-order valence-electron chi connectivity index (χ0n) is 14.1. The van der Waals surface area contributed by atoms with E-state index in [0.29, 0.717) is 23.6 Å². The van der Waals surface area contributed by atoms with Crippen LogP contribution < -0.4 is 9.47 Å². The molecule has 0 saturated carbocycles. The third-order valence-electron chi connectivity index (χ3n) is 3.83. The Kier molecular flexibility index (Phi) is 5.63. The van der Waals surface area contributed by atoms with E-state index in [0.717, 1.165) is 12.0 Å². The molecule has 0 spiro atoms. The van der Waals surface area contributed by atoms with Gasteiger partial charge in [-0.2, -0.15) is 0 Å². The summed E-state index contributed by atoms with van der Waals surface area (Å²) < 4.78 is 10.6. The molecule has 23 heavy (non-hydrogen) atoms. The van der Waals surface area contributed by atoms with E-state index in [-0.39, 0.29) is 5.91 Å². The SMILES string of the molecule is CCc1ccc(CN(C)C(=O)c2cccc(OC)c2OC)cc1. The summed E-state index contributed by atoms with van der Waals surface area (Å²) in [4.78, 5) is 14.4. The molecule has 4 nitrogen and oxygen atoms in total. The average Bonchev–Trinajstić information content (AvgIpc) is 2.60. The first-order valence-corrected chi connectivity index (χ1v) is 7.65. The van der Waals surface area contributed by atoms with Gasteiger partial charge in [-0.1, -0.05) is 37.3 Å². The third kappa shape index (κ3) is 3.83. The highest BCUT2D eigenvalue weighted by Crippen LogP contribution is 2.31. The van der Waals surface area contributed by atoms with Gasteiger partial charge in [0.25, 0.3) is 5.91 Å². The number of para-hydroxylation sites is 1. The second-order valence-electron chi connectivity index (χ2n) is 5.37. The van der Waals surface area contributed by atoms with Crippen molar-refractivity contribution in [3.8, 4) is 11.5 Å². The van der Waals surface area contributed by atoms with E-state index < -0.39 is 0 Å². The number of benzene rings is 2. The molecule has 0 aliphatic heterocycles. The molecule has 122 valence electrons. The molecule has 0 fully saturated rings. The maximum Gasteiger partial charge on any atom is 0.257 e. The van der Waals surface area contributed by atoms with E-state index in [4.69, 9.17) is 9.47 Å². The average molecular weight is 313 g/mol. The monoisotopic (exact) mass is 313 g/mol. The molecule has 0 aromatic heterocycles. The van der Waals surface area contributed by atoms with Crippen molar-refractivity contribution in [2.75, 3.05) is 21.3 Å². The van der Waals surface area contributed by atoms with Gasteiger partial charge in [0.2, 0.25) is 0 Å². The Hall–Kier alpha value is -2.49. The standard InChI is InChI=1S/C19H23NO3/c1-5-14-9-11-15(12-10-14)13-20(2)19(21)16-7-6-8-17(22-3)18(16)23-4/h6-12H,5,13H2,1-4H3. The van der Waals surface area contributed by atoms with E-state index >= 15 is 0 Å². The Balaban J connectivity index is 2.19. The fourth-order valence-electron chi connectivity index (χ4n) is 2.49. The first-order chi connectivity index (χ1) is 11.1. The second-order valence-corrected chi connectivity index (χ2v) is 5.37. The van der Waals surface area contributed by atoms with Gasteiger partial charge in [-0.05, 0) is 29.7 Å². The summed E-state index contributed by atoms with van der Waals surface area (Å²) in [5, 5.41) is 0. The molecule has 2 rings (SSSR count). The summed E-state index contributed by atoms with van der Waals surface area (Å²) in [6, 6.07) is 13.6. The van der Waals surface area contributed by atoms with E-state index in [1.807, 2.05) is 0 Å². The van der Waals surface area contributed by atoms with Gasteiger partial charge in [0, 0.05) is 13.6 Å². The van der Waals surface area contributed by atoms with Gasteiger partial charge >= 0.3 is 0 Å². The van der Waals surface area contributed by atoms with Crippen LogP contribution in [-0.2, 0) is 13.0 Å². The zero-order valence-corrected chi connectivity index (χ0v) is 14.1. The van der Waals surface area contributed by atoms with Crippen molar-refractivity contribution in [1.82, 2.24) is 4.90 Å². The lowest BCUT2D eigenvalue weighted by Gasteiger charge is -2.20. The minimum absolute atomic E-state index is 0.0969. The molecule has 0 radical (unpaired) electrons. The lowest BCUT2D eigenvalue weighted by atomic mass is 10.1. The predicted molar refractivity (Wildman–Crippen MR) is 91.2 cm³/mol. The summed E-state index contributed by atoms with van der Waals surface area (Å²) >= 11 is 0. The topological polar surface area (TPSA) is 38.8 Å². The van der Waals surface area contributed by atoms with Crippen LogP contribution in [0.25, 0.3) is 0 Å². The van der Waals surface area contributed by atoms with Crippen LogP contribution >= 0.6 is 0 Å². The summed E-state index contributed by atoms with van der Waals surface area (Å²) in [5.74, 6) is 0.924. The van der Waals surface area contributed by atoms with Gasteiger partial charge in [-0.25, -0.2) is 0 Å². The van der Waals surface area contributed by atoms with Gasteiger partial charge in [-0.3, -0.25) is 4.79 Å². The molecular weight excluding hydrogens is 290 g/mol. The number of methoxy groups -OCH3 is 2. The Morgan fingerprint density at radius 1 is 1.00 bits per heavy atom. The molecule has 2 aromatic carbocycles. The highest BCUT2D eigenvalue weighted by molar-refractivity contribution is 5.97. The minimum Gasteiger partial charge on any atom is -0.493 e. The van der Waals surface area contributed by atoms with Gasteiger partial charge in [0.05, 0.1) is 19.8 Å². The maximum absolute atomic E-state index is 12.7. The number of rotatable bonds is 6. The zero-order chi connectivity index (χ0) is 16.8. The summed E-state index contributed by atoms with van der Waals surface area (Å²) in [6.07, 6.45) is 1.01. The number of ether oxygens (including phenoxy) is 2. The molecule has 0 aliphatic rings. The van der Waals surface area contributed by atoms with Crippen molar-refractivity contribution in [3.63, 3.8) is 0 Å². The van der Waals surface area contributed by atoms with Crippen LogP contribution in [0.5, 0.6) is 11.5 Å². The Bertz CT molecular complexity index is 665. The highest BCUT2D eigenvalue weighted by atomic mass is 16.5. The van der Waals surface area contributed by atoms with Crippen molar-refractivity contribution in [2.45, 2.75) is 19.9 Å². The van der Waals surface area contributed by atoms with E-state index in [1.54, 1.807) is 37.3 Å². The first kappa shape index (κ1) is 16.9. The molecule has 0 heterocycles. The van der Waals surface area contributed by atoms with Crippen LogP contribution in [0, 0.1) is 0 Å². The van der Waals surface area contributed by atoms with Crippen LogP contribution in [0.1, 0.15) is 28.4 Å². The second kappa shape index (κ2) is 7.68. The number of hydrogen-bond donors (Lipinski definition) is 0. The smallest absolute Gasteiger partial charge is 0.257 e. The Morgan fingerprint density at radius 2 is 1.65 bits per heavy atom. The Morgan fingerprint density at radius 3 is 2.22 bits per heavy atom. The Labute approximate surface area is 137 Å². The van der Waals surface area contributed by atoms with Gasteiger partial charge in [0.1, 0.15) is 0 Å². The number of nitrogens with zero attached hydrogens (tertiary/aromatic N) is 1. The van der Waals surface area contributed by atoms with Crippen LogP contribution in [0.4, 0.5) is 0 Å². The fraction of sp³-hybridized carbons (Fsp3) is 0.316. The van der Waals surface area contributed by atoms with Crippen LogP contribution in [0.15, 0.2) is 42.5 Å². The van der Waals surface area contributed by atoms with Crippen LogP contribution in [-0.4, -0.2) is 32.1 Å². The molecule has 0 unspecified atom stereocenters. The van der Waals surface area contributed by atoms with Gasteiger partial charge in [0.15, 0.2) is 11.5 Å². The largest absolute Gasteiger partial charge is 0.493 e. The number of aryl methyl sites for hydroxylation is 1. The van der Waals surface area contributed by atoms with E-state index in [9.17, 15) is 4.79 Å². The third-order valence-corrected chi connectivity index (χ3v) is 3.83. The van der Waals surface area contributed by atoms with Crippen LogP contribution in [0.2, 0.25) is 0 Å². The number of amides is 1. The quantitative estimate of drug-likeness (QED) is 0.819. The molecule has 1 amide bonds. The summed E-state index contributed by atoms with van der Waals surface area (Å²) in [6.45, 7) is 2.67. The number of hydrogen-bond acceptors (Lipinski definition) is 3. The van der Waals surface area contributed by atoms with Crippen molar-refractivity contribution in [1.29, 1.82) is 0 Å². The van der Waals surface area contributed by atoms with Crippen molar-refractivity contribution in [3.05, 3.63) is 59.2 Å². The normalized spacial score (nSPS) is 10.3. The lowest BCUT2D eigenvalue weighted by molar-refractivity contribution is 0.0781. The summed E-state index contributed by atoms with van der Waals surface area (Å²) in [5.41, 5.74) is 2.89. The van der Waals surface area contributed by atoms with E-state index in [2.05, 4.69) is 31.2 Å². The highest BCUT2D eigenvalue weighted by Gasteiger charge is 2.19. The molecule has 2 aromatic rings. The molecule has 0 saturated heterocycles. The molecule has 0 bridgehead atoms. The fourth-order valence-corrected chi connectivity index (χ4v) is 2.49. The lowest BCUT2D eigenvalue weighted by Crippen LogP contribution is -2.26. The van der Waals surface area contributed by atoms with Crippen molar-refractivity contribution >= 4 is 5.91 Å². The molecule has 4 heteroatoms. The molecule has 0 atom stereocenters. The minimum atomic E-state index is -0.0969. The van der Waals surface area contributed by atoms with E-state index in [1.165, 1.54) is 12.7 Å². The van der Waals surface area contributed by atoms with Crippen molar-refractivity contribution in [2.24, 2.45) is 0 Å². The number of carbonyl (C=O) groups is 1. The van der Waals surface area contributed by atoms with Gasteiger partial charge < -0.3 is 14.4 Å². The maximum atomic E-state index is 12.7. The van der Waals surface area contributed by atoms with Crippen LogP contribution in [0.3, 0.4) is 0 Å². The number of carbonyl (C=O) groups excluding carboxylic acids is 1. The molecule has 0 aliphatic carbocycles. The molecular formula is C19H23NO3. The predicted octanol–water partition coefficient (Wildman–Crippen LogP) is 3.54.